The number of nitrogens with one attached hydrogen (secondary N) is 1. The number of carbonyl (C=O) groups is 2. The number of phenols is 1. The van der Waals surface area contributed by atoms with Crippen LogP contribution in [0.25, 0.3) is 0 Å². The molecule has 0 aliphatic carbocycles. The second-order valence-corrected chi connectivity index (χ2v) is 6.25. The first-order valence-corrected chi connectivity index (χ1v) is 8.29. The van der Waals surface area contributed by atoms with Crippen molar-refractivity contribution < 1.29 is 33.0 Å². The van der Waals surface area contributed by atoms with Crippen LogP contribution in [0.2, 0.25) is 0 Å². The van der Waals surface area contributed by atoms with Gasteiger partial charge in [0.2, 0.25) is 5.91 Å². The molecule has 28 heavy (non-hydrogen) atoms. The van der Waals surface area contributed by atoms with Gasteiger partial charge >= 0.3 is 12.1 Å². The summed E-state index contributed by atoms with van der Waals surface area (Å²) in [6.45, 7) is 0. The fraction of sp³-hybridized carbons (Fsp3) is 0.263. The van der Waals surface area contributed by atoms with Crippen molar-refractivity contribution in [2.45, 2.75) is 31.1 Å². The molecule has 0 radical (unpaired) electrons. The van der Waals surface area contributed by atoms with Crippen LogP contribution in [-0.2, 0) is 28.6 Å². The molecule has 0 aliphatic heterocycles. The SMILES string of the molecule is N[C@@H](Cc1ccccc1)C(=O)N[C@@H](Cc1ccc(O)c(C(F)(F)F)c1)C(=O)O. The minimum absolute atomic E-state index is 0.00513. The van der Waals surface area contributed by atoms with E-state index in [1.54, 1.807) is 30.3 Å². The molecule has 0 unspecified atom stereocenters. The summed E-state index contributed by atoms with van der Waals surface area (Å²) in [5.74, 6) is -3.11. The Balaban J connectivity index is 2.09. The van der Waals surface area contributed by atoms with Gasteiger partial charge in [-0.1, -0.05) is 36.4 Å². The molecule has 2 rings (SSSR count). The molecule has 1 amide bonds. The third-order valence-electron chi connectivity index (χ3n) is 4.06. The summed E-state index contributed by atoms with van der Waals surface area (Å²) in [5.41, 5.74) is 5.31. The van der Waals surface area contributed by atoms with Crippen molar-refractivity contribution in [2.75, 3.05) is 0 Å². The van der Waals surface area contributed by atoms with E-state index in [9.17, 15) is 33.0 Å². The molecule has 5 N–H and O–H groups in total. The smallest absolute Gasteiger partial charge is 0.419 e. The molecule has 0 saturated carbocycles. The van der Waals surface area contributed by atoms with Crippen molar-refractivity contribution in [3.63, 3.8) is 0 Å². The van der Waals surface area contributed by atoms with Crippen LogP contribution >= 0.6 is 0 Å². The van der Waals surface area contributed by atoms with Crippen LogP contribution < -0.4 is 11.1 Å². The number of hydrogen-bond acceptors (Lipinski definition) is 4. The van der Waals surface area contributed by atoms with Crippen molar-refractivity contribution in [1.82, 2.24) is 5.32 Å². The monoisotopic (exact) mass is 396 g/mol. The van der Waals surface area contributed by atoms with Crippen LogP contribution in [0.15, 0.2) is 48.5 Å². The number of halogens is 3. The number of phenolic OH excluding ortho intramolecular Hbond substituents is 1. The Morgan fingerprint density at radius 3 is 2.25 bits per heavy atom. The summed E-state index contributed by atoms with van der Waals surface area (Å²) in [5, 5.41) is 20.9. The molecule has 0 bridgehead atoms. The highest BCUT2D eigenvalue weighted by molar-refractivity contribution is 5.87. The van der Waals surface area contributed by atoms with Crippen LogP contribution in [0.5, 0.6) is 5.75 Å². The molecule has 0 aromatic heterocycles. The Morgan fingerprint density at radius 2 is 1.68 bits per heavy atom. The Hall–Kier alpha value is -3.07. The first-order valence-electron chi connectivity index (χ1n) is 8.29. The molecule has 2 aromatic carbocycles. The number of carbonyl (C=O) groups excluding carboxylic acids is 1. The standard InChI is InChI=1S/C19H19F3N2O4/c20-19(21,22)13-8-12(6-7-16(13)25)10-15(18(27)28)24-17(26)14(23)9-11-4-2-1-3-5-11/h1-8,14-15,25H,9-10,23H2,(H,24,26)(H,27,28)/t14-,15-/m0/s1. The highest BCUT2D eigenvalue weighted by Gasteiger charge is 2.34. The maximum Gasteiger partial charge on any atom is 0.419 e. The molecule has 0 fully saturated rings. The van der Waals surface area contributed by atoms with E-state index in [2.05, 4.69) is 5.32 Å². The number of rotatable bonds is 7. The lowest BCUT2D eigenvalue weighted by Gasteiger charge is -2.19. The lowest BCUT2D eigenvalue weighted by Crippen LogP contribution is -2.50. The molecule has 9 heteroatoms. The van der Waals surface area contributed by atoms with Crippen LogP contribution in [0.4, 0.5) is 13.2 Å². The Labute approximate surface area is 158 Å². The van der Waals surface area contributed by atoms with Crippen molar-refractivity contribution in [2.24, 2.45) is 5.73 Å². The number of alkyl halides is 3. The maximum atomic E-state index is 12.9. The number of aromatic hydroxyl groups is 1. The lowest BCUT2D eigenvalue weighted by molar-refractivity contribution is -0.141. The van der Waals surface area contributed by atoms with E-state index in [1.807, 2.05) is 0 Å². The van der Waals surface area contributed by atoms with Crippen molar-refractivity contribution in [1.29, 1.82) is 0 Å². The Kier molecular flexibility index (Phi) is 6.63. The van der Waals surface area contributed by atoms with Gasteiger partial charge in [0.1, 0.15) is 11.8 Å². The zero-order valence-electron chi connectivity index (χ0n) is 14.6. The topological polar surface area (TPSA) is 113 Å². The fourth-order valence-electron chi connectivity index (χ4n) is 2.61. The molecule has 0 aliphatic rings. The molecule has 0 spiro atoms. The van der Waals surface area contributed by atoms with Gasteiger partial charge in [-0.25, -0.2) is 4.79 Å². The number of aliphatic carboxylic acids is 1. The number of benzene rings is 2. The van der Waals surface area contributed by atoms with Gasteiger partial charge in [0, 0.05) is 6.42 Å². The molecule has 6 nitrogen and oxygen atoms in total. The molecule has 0 saturated heterocycles. The van der Waals surface area contributed by atoms with E-state index >= 15 is 0 Å². The minimum atomic E-state index is -4.79. The van der Waals surface area contributed by atoms with Gasteiger partial charge in [0.05, 0.1) is 11.6 Å². The highest BCUT2D eigenvalue weighted by atomic mass is 19.4. The van der Waals surface area contributed by atoms with Gasteiger partial charge in [-0.3, -0.25) is 4.79 Å². The van der Waals surface area contributed by atoms with E-state index in [0.29, 0.717) is 6.07 Å². The maximum absolute atomic E-state index is 12.9. The summed E-state index contributed by atoms with van der Waals surface area (Å²) in [6.07, 6.45) is -5.01. The third kappa shape index (κ3) is 5.71. The van der Waals surface area contributed by atoms with E-state index in [4.69, 9.17) is 5.73 Å². The van der Waals surface area contributed by atoms with E-state index in [-0.39, 0.29) is 12.0 Å². The Bertz CT molecular complexity index is 841. The molecule has 0 heterocycles. The van der Waals surface area contributed by atoms with Crippen molar-refractivity contribution in [3.05, 3.63) is 65.2 Å². The fourth-order valence-corrected chi connectivity index (χ4v) is 2.61. The summed E-state index contributed by atoms with van der Waals surface area (Å²) >= 11 is 0. The van der Waals surface area contributed by atoms with Gasteiger partial charge < -0.3 is 21.3 Å². The van der Waals surface area contributed by atoms with Gasteiger partial charge in [0.25, 0.3) is 0 Å². The Morgan fingerprint density at radius 1 is 1.04 bits per heavy atom. The predicted octanol–water partition coefficient (Wildman–Crippen LogP) is 2.09. The summed E-state index contributed by atoms with van der Waals surface area (Å²) in [7, 11) is 0. The van der Waals surface area contributed by atoms with E-state index in [0.717, 1.165) is 17.7 Å². The second-order valence-electron chi connectivity index (χ2n) is 6.25. The van der Waals surface area contributed by atoms with Crippen LogP contribution in [-0.4, -0.2) is 34.2 Å². The number of carboxylic acid groups (broad SMARTS) is 1. The number of carboxylic acids is 1. The van der Waals surface area contributed by atoms with E-state index < -0.39 is 47.9 Å². The molecule has 2 atom stereocenters. The first kappa shape index (κ1) is 21.2. The first-order chi connectivity index (χ1) is 13.1. The van der Waals surface area contributed by atoms with Crippen LogP contribution in [0, 0.1) is 0 Å². The minimum Gasteiger partial charge on any atom is -0.507 e. The second kappa shape index (κ2) is 8.75. The quantitative estimate of drug-likeness (QED) is 0.573. The van der Waals surface area contributed by atoms with Gasteiger partial charge in [-0.15, -0.1) is 0 Å². The molecule has 2 aromatic rings. The number of amides is 1. The molecular weight excluding hydrogens is 377 g/mol. The van der Waals surface area contributed by atoms with Crippen LogP contribution in [0.3, 0.4) is 0 Å². The van der Waals surface area contributed by atoms with Gasteiger partial charge in [-0.05, 0) is 29.7 Å². The molecule has 150 valence electrons. The van der Waals surface area contributed by atoms with E-state index in [1.165, 1.54) is 0 Å². The van der Waals surface area contributed by atoms with Crippen molar-refractivity contribution >= 4 is 11.9 Å². The number of hydrogen-bond donors (Lipinski definition) is 4. The zero-order chi connectivity index (χ0) is 20.9. The summed E-state index contributed by atoms with van der Waals surface area (Å²) in [4.78, 5) is 23.7. The summed E-state index contributed by atoms with van der Waals surface area (Å²) < 4.78 is 38.7. The van der Waals surface area contributed by atoms with Gasteiger partial charge in [0.15, 0.2) is 0 Å². The molecular formula is C19H19F3N2O4. The summed E-state index contributed by atoms with van der Waals surface area (Å²) in [6, 6.07) is 9.01. The van der Waals surface area contributed by atoms with Crippen molar-refractivity contribution in [3.8, 4) is 5.75 Å². The highest BCUT2D eigenvalue weighted by Crippen LogP contribution is 2.36. The normalized spacial score (nSPS) is 13.6. The van der Waals surface area contributed by atoms with Gasteiger partial charge in [-0.2, -0.15) is 13.2 Å². The average Bonchev–Trinajstić information content (AvgIpc) is 2.62. The number of nitrogens with two attached hydrogens (primary N) is 1. The zero-order valence-corrected chi connectivity index (χ0v) is 14.6. The third-order valence-corrected chi connectivity index (χ3v) is 4.06. The predicted molar refractivity (Wildman–Crippen MR) is 94.5 cm³/mol. The lowest BCUT2D eigenvalue weighted by atomic mass is 10.0. The van der Waals surface area contributed by atoms with Crippen LogP contribution in [0.1, 0.15) is 16.7 Å². The largest absolute Gasteiger partial charge is 0.507 e. The average molecular weight is 396 g/mol.